The van der Waals surface area contributed by atoms with Crippen molar-refractivity contribution in [3.05, 3.63) is 36.4 Å². The summed E-state index contributed by atoms with van der Waals surface area (Å²) in [6.07, 6.45) is -4.53. The molecule has 2 rings (SSSR count). The van der Waals surface area contributed by atoms with Crippen molar-refractivity contribution in [3.63, 3.8) is 0 Å². The van der Waals surface area contributed by atoms with E-state index in [9.17, 15) is 9.59 Å². The van der Waals surface area contributed by atoms with Crippen molar-refractivity contribution >= 4 is 11.9 Å². The largest absolute Gasteiger partial charge is 0.479 e. The monoisotopic (exact) mass is 314 g/mol. The van der Waals surface area contributed by atoms with E-state index in [1.807, 2.05) is 36.4 Å². The molecule has 1 aromatic carbocycles. The first-order valence-corrected chi connectivity index (χ1v) is 6.70. The number of carboxylic acid groups (broad SMARTS) is 2. The Morgan fingerprint density at radius 2 is 0.909 bits per heavy atom. The molecule has 22 heavy (non-hydrogen) atoms. The van der Waals surface area contributed by atoms with E-state index in [1.54, 1.807) is 0 Å². The van der Waals surface area contributed by atoms with Gasteiger partial charge in [0.15, 0.2) is 12.2 Å². The standard InChI is InChI=1S/C6H6.C4H10N2.C4H6O6/c1-2-4-6-5-3-1;1-2-6-4-3-5-1;5-1(3(7)8)2(6)4(9)10/h1-6H;5-6H,1-4H2;1-2,5-6H,(H,7,8)(H,9,10). The van der Waals surface area contributed by atoms with Gasteiger partial charge in [0.2, 0.25) is 0 Å². The van der Waals surface area contributed by atoms with Crippen LogP contribution in [0, 0.1) is 0 Å². The molecular formula is C14H22N2O6. The maximum atomic E-state index is 9.77. The fourth-order valence-corrected chi connectivity index (χ4v) is 1.26. The number of nitrogens with one attached hydrogen (secondary N) is 2. The molecule has 1 aliphatic heterocycles. The number of carboxylic acids is 2. The molecule has 1 saturated heterocycles. The van der Waals surface area contributed by atoms with Crippen LogP contribution in [0.15, 0.2) is 36.4 Å². The summed E-state index contributed by atoms with van der Waals surface area (Å²) in [5.41, 5.74) is 0. The van der Waals surface area contributed by atoms with Gasteiger partial charge in [-0.2, -0.15) is 0 Å². The number of hydrogen-bond acceptors (Lipinski definition) is 6. The van der Waals surface area contributed by atoms with Gasteiger partial charge in [0.1, 0.15) is 0 Å². The van der Waals surface area contributed by atoms with Crippen LogP contribution in [0.1, 0.15) is 0 Å². The van der Waals surface area contributed by atoms with Crippen molar-refractivity contribution in [1.29, 1.82) is 0 Å². The van der Waals surface area contributed by atoms with E-state index < -0.39 is 24.1 Å². The first-order valence-electron chi connectivity index (χ1n) is 6.70. The topological polar surface area (TPSA) is 139 Å². The van der Waals surface area contributed by atoms with Gasteiger partial charge in [-0.1, -0.05) is 36.4 Å². The molecule has 1 fully saturated rings. The highest BCUT2D eigenvalue weighted by atomic mass is 16.4. The molecule has 8 heteroatoms. The van der Waals surface area contributed by atoms with Crippen molar-refractivity contribution < 1.29 is 30.0 Å². The smallest absolute Gasteiger partial charge is 0.335 e. The molecule has 0 radical (unpaired) electrons. The van der Waals surface area contributed by atoms with Gasteiger partial charge in [-0.15, -0.1) is 0 Å². The normalized spacial score (nSPS) is 15.9. The zero-order valence-corrected chi connectivity index (χ0v) is 12.1. The first-order chi connectivity index (χ1) is 10.5. The Labute approximate surface area is 128 Å². The van der Waals surface area contributed by atoms with Gasteiger partial charge in [0.25, 0.3) is 0 Å². The van der Waals surface area contributed by atoms with Crippen molar-refractivity contribution in [3.8, 4) is 0 Å². The Hall–Kier alpha value is -2.00. The van der Waals surface area contributed by atoms with Gasteiger partial charge in [0.05, 0.1) is 0 Å². The van der Waals surface area contributed by atoms with Crippen molar-refractivity contribution in [1.82, 2.24) is 10.6 Å². The molecule has 124 valence electrons. The Morgan fingerprint density at radius 3 is 1.05 bits per heavy atom. The van der Waals surface area contributed by atoms with Crippen LogP contribution < -0.4 is 10.6 Å². The fraction of sp³-hybridized carbons (Fsp3) is 0.429. The summed E-state index contributed by atoms with van der Waals surface area (Å²) in [6.45, 7) is 4.56. The third-order valence-electron chi connectivity index (χ3n) is 2.43. The predicted molar refractivity (Wildman–Crippen MR) is 79.5 cm³/mol. The second kappa shape index (κ2) is 12.7. The Balaban J connectivity index is 0.000000315. The van der Waals surface area contributed by atoms with Crippen LogP contribution in [0.2, 0.25) is 0 Å². The summed E-state index contributed by atoms with van der Waals surface area (Å²) in [6, 6.07) is 12.0. The minimum absolute atomic E-state index is 1.14. The summed E-state index contributed by atoms with van der Waals surface area (Å²) in [4.78, 5) is 19.5. The van der Waals surface area contributed by atoms with E-state index in [4.69, 9.17) is 20.4 Å². The van der Waals surface area contributed by atoms with Crippen LogP contribution in [0.5, 0.6) is 0 Å². The lowest BCUT2D eigenvalue weighted by Gasteiger charge is -2.11. The van der Waals surface area contributed by atoms with E-state index in [-0.39, 0.29) is 0 Å². The fourth-order valence-electron chi connectivity index (χ4n) is 1.26. The Bertz CT molecular complexity index is 355. The number of benzene rings is 1. The van der Waals surface area contributed by atoms with E-state index >= 15 is 0 Å². The van der Waals surface area contributed by atoms with E-state index in [2.05, 4.69) is 10.6 Å². The zero-order valence-electron chi connectivity index (χ0n) is 12.1. The molecule has 0 amide bonds. The highest BCUT2D eigenvalue weighted by molar-refractivity contribution is 5.83. The lowest BCUT2D eigenvalue weighted by molar-refractivity contribution is -0.165. The maximum Gasteiger partial charge on any atom is 0.335 e. The molecule has 2 unspecified atom stereocenters. The molecule has 0 aliphatic carbocycles. The summed E-state index contributed by atoms with van der Waals surface area (Å²) in [7, 11) is 0. The lowest BCUT2D eigenvalue weighted by Crippen LogP contribution is -2.39. The zero-order chi connectivity index (χ0) is 16.8. The van der Waals surface area contributed by atoms with Gasteiger partial charge >= 0.3 is 11.9 Å². The average Bonchev–Trinajstić information content (AvgIpc) is 2.57. The average molecular weight is 314 g/mol. The van der Waals surface area contributed by atoms with E-state index in [0.29, 0.717) is 0 Å². The molecule has 0 aromatic heterocycles. The molecule has 0 spiro atoms. The predicted octanol–water partition coefficient (Wildman–Crippen LogP) is -1.26. The number of carbonyl (C=O) groups is 2. The van der Waals surface area contributed by atoms with Crippen LogP contribution in [0.4, 0.5) is 0 Å². The number of hydrogen-bond donors (Lipinski definition) is 6. The number of rotatable bonds is 3. The summed E-state index contributed by atoms with van der Waals surface area (Å²) in [5.74, 6) is -3.54. The molecular weight excluding hydrogens is 292 g/mol. The van der Waals surface area contributed by atoms with Gasteiger partial charge in [-0.05, 0) is 0 Å². The number of aliphatic hydroxyl groups excluding tert-OH is 2. The van der Waals surface area contributed by atoms with Crippen LogP contribution in [-0.2, 0) is 9.59 Å². The molecule has 2 atom stereocenters. The minimum atomic E-state index is -2.27. The molecule has 8 nitrogen and oxygen atoms in total. The minimum Gasteiger partial charge on any atom is -0.479 e. The van der Waals surface area contributed by atoms with Gasteiger partial charge in [-0.25, -0.2) is 9.59 Å². The lowest BCUT2D eigenvalue weighted by atomic mass is 10.2. The summed E-state index contributed by atoms with van der Waals surface area (Å²) < 4.78 is 0. The number of aliphatic carboxylic acids is 2. The van der Waals surface area contributed by atoms with Crippen molar-refractivity contribution in [2.75, 3.05) is 26.2 Å². The van der Waals surface area contributed by atoms with Crippen molar-refractivity contribution in [2.45, 2.75) is 12.2 Å². The molecule has 6 N–H and O–H groups in total. The Morgan fingerprint density at radius 1 is 0.682 bits per heavy atom. The van der Waals surface area contributed by atoms with Gasteiger partial charge in [0, 0.05) is 26.2 Å². The van der Waals surface area contributed by atoms with Crippen LogP contribution in [0.3, 0.4) is 0 Å². The van der Waals surface area contributed by atoms with Crippen LogP contribution in [0.25, 0.3) is 0 Å². The molecule has 0 bridgehead atoms. The molecule has 1 aliphatic rings. The Kier molecular flexibility index (Phi) is 11.6. The van der Waals surface area contributed by atoms with Gasteiger partial charge < -0.3 is 31.1 Å². The quantitative estimate of drug-likeness (QED) is 0.406. The highest BCUT2D eigenvalue weighted by Crippen LogP contribution is 1.92. The first kappa shape index (κ1) is 20.0. The summed E-state index contributed by atoms with van der Waals surface area (Å²) in [5, 5.41) is 39.0. The van der Waals surface area contributed by atoms with Crippen molar-refractivity contribution in [2.24, 2.45) is 0 Å². The maximum absolute atomic E-state index is 9.77. The van der Waals surface area contributed by atoms with E-state index in [0.717, 1.165) is 26.2 Å². The molecule has 1 heterocycles. The number of piperazine rings is 1. The second-order valence-corrected chi connectivity index (χ2v) is 4.22. The third-order valence-corrected chi connectivity index (χ3v) is 2.43. The van der Waals surface area contributed by atoms with Crippen LogP contribution in [-0.4, -0.2) is 70.8 Å². The highest BCUT2D eigenvalue weighted by Gasteiger charge is 2.29. The SMILES string of the molecule is C1CNCCN1.O=C(O)C(O)C(O)C(=O)O.c1ccccc1. The van der Waals surface area contributed by atoms with E-state index in [1.165, 1.54) is 0 Å². The molecule has 0 saturated carbocycles. The van der Waals surface area contributed by atoms with Gasteiger partial charge in [-0.3, -0.25) is 0 Å². The molecule has 1 aromatic rings. The van der Waals surface area contributed by atoms with Crippen LogP contribution >= 0.6 is 0 Å². The second-order valence-electron chi connectivity index (χ2n) is 4.22. The summed E-state index contributed by atoms with van der Waals surface area (Å²) >= 11 is 0. The number of aliphatic hydroxyl groups is 2. The third kappa shape index (κ3) is 10.7.